The molecule has 1 saturated heterocycles. The molecule has 0 radical (unpaired) electrons. The average Bonchev–Trinajstić information content (AvgIpc) is 2.38. The van der Waals surface area contributed by atoms with Gasteiger partial charge in [-0.25, -0.2) is 8.78 Å². The minimum atomic E-state index is -1.16. The number of ether oxygens (including phenoxy) is 1. The molecule has 0 spiro atoms. The third kappa shape index (κ3) is 2.64. The summed E-state index contributed by atoms with van der Waals surface area (Å²) in [6, 6.07) is 2.98. The van der Waals surface area contributed by atoms with Crippen molar-refractivity contribution >= 4 is 0 Å². The topological polar surface area (TPSA) is 21.3 Å². The van der Waals surface area contributed by atoms with Gasteiger partial charge in [0.2, 0.25) is 0 Å². The van der Waals surface area contributed by atoms with Crippen LogP contribution in [-0.2, 0) is 0 Å². The van der Waals surface area contributed by atoms with Crippen molar-refractivity contribution in [2.45, 2.75) is 31.9 Å². The summed E-state index contributed by atoms with van der Waals surface area (Å²) >= 11 is 0. The molecule has 1 heterocycles. The molecule has 0 aromatic heterocycles. The summed E-state index contributed by atoms with van der Waals surface area (Å²) < 4.78 is 32.4. The predicted octanol–water partition coefficient (Wildman–Crippen LogP) is 3.33. The molecule has 1 aliphatic heterocycles. The second-order valence-corrected chi connectivity index (χ2v) is 4.77. The highest BCUT2D eigenvalue weighted by Gasteiger charge is 2.23. The molecular weight excluding hydrogens is 236 g/mol. The summed E-state index contributed by atoms with van der Waals surface area (Å²) in [6.45, 7) is 3.24. The predicted molar refractivity (Wildman–Crippen MR) is 67.3 cm³/mol. The zero-order chi connectivity index (χ0) is 13.1. The van der Waals surface area contributed by atoms with Crippen LogP contribution in [0.2, 0.25) is 0 Å². The lowest BCUT2D eigenvalue weighted by Crippen LogP contribution is -2.27. The van der Waals surface area contributed by atoms with E-state index >= 15 is 0 Å². The van der Waals surface area contributed by atoms with Crippen LogP contribution in [0, 0.1) is 5.82 Å². The summed E-state index contributed by atoms with van der Waals surface area (Å²) in [6.07, 6.45) is 0.700. The van der Waals surface area contributed by atoms with E-state index in [-0.39, 0.29) is 11.7 Å². The Labute approximate surface area is 106 Å². The zero-order valence-electron chi connectivity index (χ0n) is 10.8. The maximum atomic E-state index is 13.9. The Bertz CT molecular complexity index is 415. The van der Waals surface area contributed by atoms with E-state index in [2.05, 4.69) is 5.32 Å². The normalized spacial score (nSPS) is 18.7. The van der Waals surface area contributed by atoms with Crippen molar-refractivity contribution in [3.8, 4) is 5.75 Å². The summed E-state index contributed by atoms with van der Waals surface area (Å²) in [4.78, 5) is 0. The van der Waals surface area contributed by atoms with Gasteiger partial charge in [0.1, 0.15) is 6.17 Å². The van der Waals surface area contributed by atoms with Crippen molar-refractivity contribution in [1.29, 1.82) is 0 Å². The zero-order valence-corrected chi connectivity index (χ0v) is 10.8. The van der Waals surface area contributed by atoms with E-state index in [4.69, 9.17) is 4.74 Å². The summed E-state index contributed by atoms with van der Waals surface area (Å²) in [5.74, 6) is 0.0498. The summed E-state index contributed by atoms with van der Waals surface area (Å²) in [5.41, 5.74) is 1.19. The van der Waals surface area contributed by atoms with Crippen LogP contribution in [0.25, 0.3) is 0 Å². The molecular formula is C14H19F2NO. The Balaban J connectivity index is 2.41. The number of methoxy groups -OCH3 is 1. The van der Waals surface area contributed by atoms with Gasteiger partial charge in [-0.1, -0.05) is 0 Å². The molecule has 1 aromatic rings. The molecule has 1 atom stereocenters. The largest absolute Gasteiger partial charge is 0.493 e. The Kier molecular flexibility index (Phi) is 4.17. The van der Waals surface area contributed by atoms with E-state index in [0.29, 0.717) is 5.56 Å². The maximum Gasteiger partial charge on any atom is 0.165 e. The molecule has 100 valence electrons. The maximum absolute atomic E-state index is 13.9. The van der Waals surface area contributed by atoms with Gasteiger partial charge in [-0.05, 0) is 56.5 Å². The van der Waals surface area contributed by atoms with E-state index in [0.717, 1.165) is 31.5 Å². The number of hydrogen-bond acceptors (Lipinski definition) is 2. The minimum absolute atomic E-state index is 0.245. The minimum Gasteiger partial charge on any atom is -0.493 e. The van der Waals surface area contributed by atoms with Crippen molar-refractivity contribution in [3.05, 3.63) is 29.1 Å². The number of nitrogens with one attached hydrogen (secondary N) is 1. The van der Waals surface area contributed by atoms with Crippen LogP contribution in [0.4, 0.5) is 8.78 Å². The van der Waals surface area contributed by atoms with Crippen LogP contribution in [-0.4, -0.2) is 20.2 Å². The number of piperidine rings is 1. The van der Waals surface area contributed by atoms with Crippen LogP contribution < -0.4 is 10.1 Å². The van der Waals surface area contributed by atoms with Crippen LogP contribution in [0.15, 0.2) is 12.1 Å². The van der Waals surface area contributed by atoms with Gasteiger partial charge in [0.05, 0.1) is 7.11 Å². The van der Waals surface area contributed by atoms with E-state index in [1.807, 2.05) is 0 Å². The molecule has 0 aliphatic carbocycles. The van der Waals surface area contributed by atoms with Crippen molar-refractivity contribution in [2.24, 2.45) is 0 Å². The molecule has 1 aromatic carbocycles. The number of rotatable bonds is 3. The van der Waals surface area contributed by atoms with Crippen LogP contribution in [0.5, 0.6) is 5.75 Å². The first kappa shape index (κ1) is 13.3. The fraction of sp³-hybridized carbons (Fsp3) is 0.571. The lowest BCUT2D eigenvalue weighted by molar-refractivity contribution is 0.355. The molecule has 0 bridgehead atoms. The Morgan fingerprint density at radius 3 is 2.56 bits per heavy atom. The SMILES string of the molecule is COc1c(F)cc(C(C)F)cc1C1CCNCC1. The Morgan fingerprint density at radius 2 is 2.00 bits per heavy atom. The molecule has 1 aliphatic rings. The van der Waals surface area contributed by atoms with Gasteiger partial charge in [0.25, 0.3) is 0 Å². The van der Waals surface area contributed by atoms with E-state index in [9.17, 15) is 8.78 Å². The fourth-order valence-corrected chi connectivity index (χ4v) is 2.52. The number of alkyl halides is 1. The lowest BCUT2D eigenvalue weighted by atomic mass is 9.88. The Morgan fingerprint density at radius 1 is 1.33 bits per heavy atom. The van der Waals surface area contributed by atoms with Gasteiger partial charge >= 0.3 is 0 Å². The average molecular weight is 255 g/mol. The second kappa shape index (κ2) is 5.65. The number of hydrogen-bond donors (Lipinski definition) is 1. The first-order chi connectivity index (χ1) is 8.63. The summed E-state index contributed by atoms with van der Waals surface area (Å²) in [5, 5.41) is 3.27. The third-order valence-electron chi connectivity index (χ3n) is 3.54. The smallest absolute Gasteiger partial charge is 0.165 e. The fourth-order valence-electron chi connectivity index (χ4n) is 2.52. The standard InChI is InChI=1S/C14H19F2NO/c1-9(15)11-7-12(10-3-5-17-6-4-10)14(18-2)13(16)8-11/h7-10,17H,3-6H2,1-2H3. The van der Waals surface area contributed by atoms with Crippen molar-refractivity contribution < 1.29 is 13.5 Å². The van der Waals surface area contributed by atoms with Gasteiger partial charge < -0.3 is 10.1 Å². The number of halogens is 2. The monoisotopic (exact) mass is 255 g/mol. The van der Waals surface area contributed by atoms with Crippen LogP contribution in [0.1, 0.15) is 43.0 Å². The third-order valence-corrected chi connectivity index (χ3v) is 3.54. The molecule has 2 nitrogen and oxygen atoms in total. The molecule has 0 amide bonds. The van der Waals surface area contributed by atoms with Crippen molar-refractivity contribution in [2.75, 3.05) is 20.2 Å². The number of benzene rings is 1. The van der Waals surface area contributed by atoms with E-state index in [1.54, 1.807) is 6.07 Å². The molecule has 1 N–H and O–H groups in total. The molecule has 2 rings (SSSR count). The molecule has 4 heteroatoms. The Hall–Kier alpha value is -1.16. The van der Waals surface area contributed by atoms with E-state index in [1.165, 1.54) is 20.1 Å². The first-order valence-electron chi connectivity index (χ1n) is 6.35. The van der Waals surface area contributed by atoms with Crippen molar-refractivity contribution in [1.82, 2.24) is 5.32 Å². The first-order valence-corrected chi connectivity index (χ1v) is 6.35. The molecule has 18 heavy (non-hydrogen) atoms. The van der Waals surface area contributed by atoms with Gasteiger partial charge in [-0.2, -0.15) is 0 Å². The van der Waals surface area contributed by atoms with Gasteiger partial charge in [-0.3, -0.25) is 0 Å². The molecule has 0 saturated carbocycles. The second-order valence-electron chi connectivity index (χ2n) is 4.77. The van der Waals surface area contributed by atoms with Gasteiger partial charge in [-0.15, -0.1) is 0 Å². The van der Waals surface area contributed by atoms with Crippen molar-refractivity contribution in [3.63, 3.8) is 0 Å². The van der Waals surface area contributed by atoms with E-state index < -0.39 is 12.0 Å². The lowest BCUT2D eigenvalue weighted by Gasteiger charge is -2.25. The quantitative estimate of drug-likeness (QED) is 0.894. The molecule has 1 fully saturated rings. The van der Waals surface area contributed by atoms with Crippen LogP contribution in [0.3, 0.4) is 0 Å². The summed E-state index contributed by atoms with van der Waals surface area (Å²) in [7, 11) is 1.46. The van der Waals surface area contributed by atoms with Gasteiger partial charge in [0, 0.05) is 5.56 Å². The van der Waals surface area contributed by atoms with Crippen LogP contribution >= 0.6 is 0 Å². The highest BCUT2D eigenvalue weighted by Crippen LogP contribution is 2.37. The highest BCUT2D eigenvalue weighted by atomic mass is 19.1. The highest BCUT2D eigenvalue weighted by molar-refractivity contribution is 5.42. The van der Waals surface area contributed by atoms with Gasteiger partial charge in [0.15, 0.2) is 11.6 Å². The molecule has 1 unspecified atom stereocenters.